The van der Waals surface area contributed by atoms with Crippen molar-refractivity contribution in [3.63, 3.8) is 0 Å². The molecule has 0 saturated carbocycles. The summed E-state index contributed by atoms with van der Waals surface area (Å²) in [7, 11) is 0. The summed E-state index contributed by atoms with van der Waals surface area (Å²) in [5.41, 5.74) is 2.69. The number of rotatable bonds is 3. The van der Waals surface area contributed by atoms with E-state index in [4.69, 9.17) is 0 Å². The van der Waals surface area contributed by atoms with Crippen LogP contribution in [0.25, 0.3) is 5.82 Å². The van der Waals surface area contributed by atoms with E-state index in [9.17, 15) is 4.79 Å². The third-order valence-corrected chi connectivity index (χ3v) is 3.29. The first-order chi connectivity index (χ1) is 10.6. The van der Waals surface area contributed by atoms with Crippen LogP contribution >= 0.6 is 0 Å². The molecular formula is C16H15N5O. The smallest absolute Gasteiger partial charge is 0.257 e. The van der Waals surface area contributed by atoms with E-state index < -0.39 is 0 Å². The standard InChI is InChI=1S/C16H15N5O/c1-11-3-4-13(12(2)7-11)16(22)20-14-8-15(19-9-18-14)21-6-5-17-10-21/h3-10H,1-2H3,(H,18,19,20,22). The van der Waals surface area contributed by atoms with Gasteiger partial charge in [0.1, 0.15) is 24.3 Å². The lowest BCUT2D eigenvalue weighted by molar-refractivity contribution is 0.102. The Kier molecular flexibility index (Phi) is 3.65. The average molecular weight is 293 g/mol. The van der Waals surface area contributed by atoms with Gasteiger partial charge < -0.3 is 5.32 Å². The van der Waals surface area contributed by atoms with E-state index in [0.717, 1.165) is 11.1 Å². The maximum Gasteiger partial charge on any atom is 0.257 e. The monoisotopic (exact) mass is 293 g/mol. The molecule has 0 saturated heterocycles. The summed E-state index contributed by atoms with van der Waals surface area (Å²) in [4.78, 5) is 24.6. The molecule has 1 amide bonds. The van der Waals surface area contributed by atoms with Crippen molar-refractivity contribution >= 4 is 11.7 Å². The normalized spacial score (nSPS) is 10.5. The number of carbonyl (C=O) groups is 1. The largest absolute Gasteiger partial charge is 0.306 e. The average Bonchev–Trinajstić information content (AvgIpc) is 3.01. The Hall–Kier alpha value is -3.02. The fraction of sp³-hybridized carbons (Fsp3) is 0.125. The van der Waals surface area contributed by atoms with Crippen LogP contribution in [0, 0.1) is 13.8 Å². The number of hydrogen-bond acceptors (Lipinski definition) is 4. The first-order valence-corrected chi connectivity index (χ1v) is 6.82. The van der Waals surface area contributed by atoms with Crippen LogP contribution in [0.3, 0.4) is 0 Å². The molecule has 0 spiro atoms. The second-order valence-electron chi connectivity index (χ2n) is 5.00. The van der Waals surface area contributed by atoms with E-state index in [2.05, 4.69) is 20.3 Å². The second-order valence-corrected chi connectivity index (χ2v) is 5.00. The number of hydrogen-bond donors (Lipinski definition) is 1. The number of nitrogens with one attached hydrogen (secondary N) is 1. The highest BCUT2D eigenvalue weighted by molar-refractivity contribution is 6.04. The Morgan fingerprint density at radius 1 is 1.18 bits per heavy atom. The Balaban J connectivity index is 1.84. The molecular weight excluding hydrogens is 278 g/mol. The number of aryl methyl sites for hydroxylation is 2. The Morgan fingerprint density at radius 2 is 2.05 bits per heavy atom. The Labute approximate surface area is 127 Å². The molecule has 110 valence electrons. The van der Waals surface area contributed by atoms with Crippen LogP contribution in [-0.2, 0) is 0 Å². The lowest BCUT2D eigenvalue weighted by atomic mass is 10.1. The fourth-order valence-electron chi connectivity index (χ4n) is 2.20. The fourth-order valence-corrected chi connectivity index (χ4v) is 2.20. The molecule has 22 heavy (non-hydrogen) atoms. The SMILES string of the molecule is Cc1ccc(C(=O)Nc2cc(-n3ccnc3)ncn2)c(C)c1. The van der Waals surface area contributed by atoms with E-state index in [1.54, 1.807) is 29.4 Å². The van der Waals surface area contributed by atoms with Crippen LogP contribution in [0.2, 0.25) is 0 Å². The van der Waals surface area contributed by atoms with Gasteiger partial charge in [-0.05, 0) is 25.5 Å². The number of nitrogens with zero attached hydrogens (tertiary/aromatic N) is 4. The van der Waals surface area contributed by atoms with Crippen molar-refractivity contribution in [3.05, 3.63) is 66.0 Å². The van der Waals surface area contributed by atoms with Crippen LogP contribution in [-0.4, -0.2) is 25.4 Å². The quantitative estimate of drug-likeness (QED) is 0.805. The molecule has 0 fully saturated rings. The lowest BCUT2D eigenvalue weighted by Crippen LogP contribution is -2.15. The molecule has 0 bridgehead atoms. The van der Waals surface area contributed by atoms with Gasteiger partial charge in [-0.3, -0.25) is 9.36 Å². The van der Waals surface area contributed by atoms with Crippen LogP contribution < -0.4 is 5.32 Å². The van der Waals surface area contributed by atoms with Gasteiger partial charge in [-0.15, -0.1) is 0 Å². The summed E-state index contributed by atoms with van der Waals surface area (Å²) in [5, 5.41) is 2.80. The van der Waals surface area contributed by atoms with E-state index in [1.165, 1.54) is 6.33 Å². The zero-order valence-corrected chi connectivity index (χ0v) is 12.3. The third kappa shape index (κ3) is 2.85. The minimum atomic E-state index is -0.187. The zero-order valence-electron chi connectivity index (χ0n) is 12.3. The van der Waals surface area contributed by atoms with Crippen molar-refractivity contribution in [3.8, 4) is 5.82 Å². The molecule has 2 heterocycles. The Bertz CT molecular complexity index is 811. The van der Waals surface area contributed by atoms with Crippen LogP contribution in [0.1, 0.15) is 21.5 Å². The first-order valence-electron chi connectivity index (χ1n) is 6.82. The summed E-state index contributed by atoms with van der Waals surface area (Å²) in [6, 6.07) is 7.41. The number of carbonyl (C=O) groups excluding carboxylic acids is 1. The van der Waals surface area contributed by atoms with Crippen LogP contribution in [0.5, 0.6) is 0 Å². The van der Waals surface area contributed by atoms with Crippen molar-refractivity contribution in [1.82, 2.24) is 19.5 Å². The summed E-state index contributed by atoms with van der Waals surface area (Å²) in [6.07, 6.45) is 6.49. The van der Waals surface area contributed by atoms with Crippen LogP contribution in [0.15, 0.2) is 49.3 Å². The second kappa shape index (κ2) is 5.77. The number of aromatic nitrogens is 4. The van der Waals surface area contributed by atoms with Crippen molar-refractivity contribution in [2.75, 3.05) is 5.32 Å². The highest BCUT2D eigenvalue weighted by atomic mass is 16.1. The summed E-state index contributed by atoms with van der Waals surface area (Å²) in [6.45, 7) is 3.91. The van der Waals surface area contributed by atoms with Gasteiger partial charge in [0.2, 0.25) is 0 Å². The molecule has 0 radical (unpaired) electrons. The number of amides is 1. The van der Waals surface area contributed by atoms with Gasteiger partial charge in [0.25, 0.3) is 5.91 Å². The summed E-state index contributed by atoms with van der Waals surface area (Å²) >= 11 is 0. The number of imidazole rings is 1. The van der Waals surface area contributed by atoms with Gasteiger partial charge in [0.15, 0.2) is 0 Å². The third-order valence-electron chi connectivity index (χ3n) is 3.29. The van der Waals surface area contributed by atoms with E-state index in [0.29, 0.717) is 17.2 Å². The zero-order chi connectivity index (χ0) is 15.5. The predicted octanol–water partition coefficient (Wildman–Crippen LogP) is 2.53. The molecule has 1 aromatic carbocycles. The highest BCUT2D eigenvalue weighted by Crippen LogP contribution is 2.14. The summed E-state index contributed by atoms with van der Waals surface area (Å²) in [5.74, 6) is 0.903. The highest BCUT2D eigenvalue weighted by Gasteiger charge is 2.10. The molecule has 0 atom stereocenters. The maximum absolute atomic E-state index is 12.4. The van der Waals surface area contributed by atoms with Gasteiger partial charge in [0, 0.05) is 24.0 Å². The van der Waals surface area contributed by atoms with Crippen molar-refractivity contribution in [2.24, 2.45) is 0 Å². The molecule has 3 rings (SSSR count). The molecule has 1 N–H and O–H groups in total. The molecule has 6 heteroatoms. The van der Waals surface area contributed by atoms with Crippen LogP contribution in [0.4, 0.5) is 5.82 Å². The predicted molar refractivity (Wildman–Crippen MR) is 83.0 cm³/mol. The van der Waals surface area contributed by atoms with Gasteiger partial charge in [-0.1, -0.05) is 17.7 Å². The van der Waals surface area contributed by atoms with Gasteiger partial charge in [-0.25, -0.2) is 15.0 Å². The van der Waals surface area contributed by atoms with Crippen molar-refractivity contribution < 1.29 is 4.79 Å². The molecule has 0 aliphatic carbocycles. The molecule has 0 aliphatic heterocycles. The molecule has 0 unspecified atom stereocenters. The molecule has 6 nitrogen and oxygen atoms in total. The van der Waals surface area contributed by atoms with E-state index in [-0.39, 0.29) is 5.91 Å². The molecule has 0 aliphatic rings. The topological polar surface area (TPSA) is 72.7 Å². The van der Waals surface area contributed by atoms with E-state index >= 15 is 0 Å². The van der Waals surface area contributed by atoms with Gasteiger partial charge in [-0.2, -0.15) is 0 Å². The van der Waals surface area contributed by atoms with Crippen molar-refractivity contribution in [2.45, 2.75) is 13.8 Å². The molecule has 3 aromatic rings. The minimum absolute atomic E-state index is 0.187. The maximum atomic E-state index is 12.4. The minimum Gasteiger partial charge on any atom is -0.306 e. The number of anilines is 1. The first kappa shape index (κ1) is 13.9. The van der Waals surface area contributed by atoms with E-state index in [1.807, 2.05) is 32.0 Å². The molecule has 2 aromatic heterocycles. The Morgan fingerprint density at radius 3 is 2.77 bits per heavy atom. The lowest BCUT2D eigenvalue weighted by Gasteiger charge is -2.08. The van der Waals surface area contributed by atoms with Crippen molar-refractivity contribution in [1.29, 1.82) is 0 Å². The van der Waals surface area contributed by atoms with Gasteiger partial charge in [0.05, 0.1) is 0 Å². The number of benzene rings is 1. The summed E-state index contributed by atoms with van der Waals surface area (Å²) < 4.78 is 1.74. The van der Waals surface area contributed by atoms with Gasteiger partial charge >= 0.3 is 0 Å².